The molecular formula is C20H24F3N5O3S. The Morgan fingerprint density at radius 2 is 1.91 bits per heavy atom. The van der Waals surface area contributed by atoms with Crippen LogP contribution < -0.4 is 15.4 Å². The van der Waals surface area contributed by atoms with Crippen molar-refractivity contribution >= 4 is 27.4 Å². The normalized spacial score (nSPS) is 17.0. The van der Waals surface area contributed by atoms with E-state index in [9.17, 15) is 26.4 Å². The maximum atomic E-state index is 12.7. The second-order valence-electron chi connectivity index (χ2n) is 7.52. The first-order valence-electron chi connectivity index (χ1n) is 9.91. The van der Waals surface area contributed by atoms with Gasteiger partial charge in [-0.15, -0.1) is 0 Å². The van der Waals surface area contributed by atoms with Gasteiger partial charge in [-0.25, -0.2) is 18.5 Å². The first-order valence-corrected chi connectivity index (χ1v) is 11.5. The lowest BCUT2D eigenvalue weighted by molar-refractivity contribution is -0.137. The molecule has 1 aliphatic heterocycles. The Balaban J connectivity index is 1.61. The molecule has 1 aromatic carbocycles. The molecule has 12 heteroatoms. The van der Waals surface area contributed by atoms with E-state index in [4.69, 9.17) is 5.14 Å². The van der Waals surface area contributed by atoms with Crippen LogP contribution in [0.15, 0.2) is 47.5 Å². The molecule has 3 rings (SSSR count). The van der Waals surface area contributed by atoms with Crippen LogP contribution in [0.25, 0.3) is 0 Å². The molecule has 0 aliphatic carbocycles. The standard InChI is InChI=1S/C20H24F3N5O3S/c1-14(19(29)26-16-4-2-5-17(12-16)32(24,30)31)27-8-3-9-28(11-10-27)18-7-6-15(13-25-18)20(21,22)23/h2,4-7,12-14H,3,8-11H2,1H3,(H,26,29)(H2,24,30,31). The largest absolute Gasteiger partial charge is 0.417 e. The fraction of sp³-hybridized carbons (Fsp3) is 0.400. The molecule has 1 atom stereocenters. The minimum absolute atomic E-state index is 0.0996. The molecule has 0 spiro atoms. The summed E-state index contributed by atoms with van der Waals surface area (Å²) in [5.74, 6) is 0.148. The van der Waals surface area contributed by atoms with Gasteiger partial charge in [0.15, 0.2) is 0 Å². The summed E-state index contributed by atoms with van der Waals surface area (Å²) in [6, 6.07) is 7.55. The third kappa shape index (κ3) is 5.96. The van der Waals surface area contributed by atoms with Gasteiger partial charge < -0.3 is 10.2 Å². The second kappa shape index (κ2) is 9.43. The number of benzene rings is 1. The number of primary sulfonamides is 1. The highest BCUT2D eigenvalue weighted by Gasteiger charge is 2.31. The van der Waals surface area contributed by atoms with Gasteiger partial charge in [-0.2, -0.15) is 13.2 Å². The van der Waals surface area contributed by atoms with E-state index in [1.807, 2.05) is 9.80 Å². The Bertz CT molecular complexity index is 1060. The summed E-state index contributed by atoms with van der Waals surface area (Å²) in [6.07, 6.45) is -2.91. The molecule has 32 heavy (non-hydrogen) atoms. The maximum Gasteiger partial charge on any atom is 0.417 e. The van der Waals surface area contributed by atoms with Crippen LogP contribution in [0.1, 0.15) is 18.9 Å². The van der Waals surface area contributed by atoms with Gasteiger partial charge in [0, 0.05) is 38.1 Å². The van der Waals surface area contributed by atoms with Crippen molar-refractivity contribution in [2.75, 3.05) is 36.4 Å². The van der Waals surface area contributed by atoms with Crippen molar-refractivity contribution in [1.29, 1.82) is 0 Å². The van der Waals surface area contributed by atoms with Crippen LogP contribution in [0.5, 0.6) is 0 Å². The maximum absolute atomic E-state index is 12.7. The number of hydrogen-bond acceptors (Lipinski definition) is 6. The molecule has 1 aromatic heterocycles. The summed E-state index contributed by atoms with van der Waals surface area (Å²) in [4.78, 5) is 20.4. The van der Waals surface area contributed by atoms with Crippen LogP contribution in [-0.4, -0.2) is 56.4 Å². The molecule has 0 bridgehead atoms. The molecule has 174 valence electrons. The van der Waals surface area contributed by atoms with Gasteiger partial charge in [0.2, 0.25) is 15.9 Å². The number of carbonyl (C=O) groups is 1. The lowest BCUT2D eigenvalue weighted by Crippen LogP contribution is -2.44. The molecular weight excluding hydrogens is 447 g/mol. The quantitative estimate of drug-likeness (QED) is 0.693. The number of hydrogen-bond donors (Lipinski definition) is 2. The molecule has 1 unspecified atom stereocenters. The first-order chi connectivity index (χ1) is 14.9. The zero-order valence-electron chi connectivity index (χ0n) is 17.3. The van der Waals surface area contributed by atoms with E-state index in [1.165, 1.54) is 24.3 Å². The van der Waals surface area contributed by atoms with Crippen molar-refractivity contribution in [2.45, 2.75) is 30.5 Å². The molecule has 1 amide bonds. The highest BCUT2D eigenvalue weighted by Crippen LogP contribution is 2.29. The van der Waals surface area contributed by atoms with Gasteiger partial charge in [0.25, 0.3) is 0 Å². The lowest BCUT2D eigenvalue weighted by Gasteiger charge is -2.27. The van der Waals surface area contributed by atoms with Crippen molar-refractivity contribution in [3.8, 4) is 0 Å². The van der Waals surface area contributed by atoms with Crippen LogP contribution >= 0.6 is 0 Å². The van der Waals surface area contributed by atoms with Crippen molar-refractivity contribution < 1.29 is 26.4 Å². The zero-order valence-corrected chi connectivity index (χ0v) is 18.2. The Kier molecular flexibility index (Phi) is 7.06. The van der Waals surface area contributed by atoms with Crippen molar-refractivity contribution in [1.82, 2.24) is 9.88 Å². The number of pyridine rings is 1. The van der Waals surface area contributed by atoms with Crippen LogP contribution in [0.4, 0.5) is 24.7 Å². The lowest BCUT2D eigenvalue weighted by atomic mass is 10.2. The first kappa shape index (κ1) is 24.0. The molecule has 1 saturated heterocycles. The number of anilines is 2. The number of amides is 1. The summed E-state index contributed by atoms with van der Waals surface area (Å²) in [5, 5.41) is 7.83. The smallest absolute Gasteiger partial charge is 0.355 e. The van der Waals surface area contributed by atoms with Crippen LogP contribution in [0, 0.1) is 0 Å². The molecule has 1 fully saturated rings. The highest BCUT2D eigenvalue weighted by atomic mass is 32.2. The minimum Gasteiger partial charge on any atom is -0.355 e. The average Bonchev–Trinajstić information content (AvgIpc) is 2.98. The van der Waals surface area contributed by atoms with E-state index in [1.54, 1.807) is 13.0 Å². The van der Waals surface area contributed by atoms with Gasteiger partial charge in [-0.3, -0.25) is 9.69 Å². The Hall–Kier alpha value is -2.70. The van der Waals surface area contributed by atoms with E-state index in [0.29, 0.717) is 44.1 Å². The number of halogens is 3. The van der Waals surface area contributed by atoms with Gasteiger partial charge in [0.1, 0.15) is 5.82 Å². The van der Waals surface area contributed by atoms with Crippen molar-refractivity contribution in [3.05, 3.63) is 48.2 Å². The third-order valence-electron chi connectivity index (χ3n) is 5.29. The van der Waals surface area contributed by atoms with E-state index in [-0.39, 0.29) is 10.8 Å². The topological polar surface area (TPSA) is 109 Å². The van der Waals surface area contributed by atoms with Gasteiger partial charge in [-0.1, -0.05) is 6.07 Å². The molecule has 1 aliphatic rings. The van der Waals surface area contributed by atoms with Gasteiger partial charge in [-0.05, 0) is 43.7 Å². The molecule has 2 heterocycles. The molecule has 0 saturated carbocycles. The average molecular weight is 472 g/mol. The number of carbonyl (C=O) groups excluding carboxylic acids is 1. The number of sulfonamides is 1. The SMILES string of the molecule is CC(C(=O)Nc1cccc(S(N)(=O)=O)c1)N1CCCN(c2ccc(C(F)(F)F)cn2)CC1. The van der Waals surface area contributed by atoms with E-state index < -0.39 is 27.8 Å². The van der Waals surface area contributed by atoms with Crippen LogP contribution in [0.3, 0.4) is 0 Å². The Morgan fingerprint density at radius 3 is 2.53 bits per heavy atom. The van der Waals surface area contributed by atoms with Gasteiger partial charge >= 0.3 is 6.18 Å². The summed E-state index contributed by atoms with van der Waals surface area (Å²) in [5.41, 5.74) is -0.478. The molecule has 0 radical (unpaired) electrons. The fourth-order valence-electron chi connectivity index (χ4n) is 3.46. The number of nitrogens with two attached hydrogens (primary N) is 1. The number of rotatable bonds is 5. The minimum atomic E-state index is -4.43. The number of alkyl halides is 3. The number of nitrogens with zero attached hydrogens (tertiary/aromatic N) is 3. The molecule has 8 nitrogen and oxygen atoms in total. The molecule has 3 N–H and O–H groups in total. The van der Waals surface area contributed by atoms with Crippen LogP contribution in [-0.2, 0) is 21.0 Å². The summed E-state index contributed by atoms with van der Waals surface area (Å²) >= 11 is 0. The Labute approximate surface area is 184 Å². The van der Waals surface area contributed by atoms with E-state index >= 15 is 0 Å². The Morgan fingerprint density at radius 1 is 1.16 bits per heavy atom. The summed E-state index contributed by atoms with van der Waals surface area (Å²) in [6.45, 7) is 3.96. The number of nitrogens with one attached hydrogen (secondary N) is 1. The number of aromatic nitrogens is 1. The van der Waals surface area contributed by atoms with Gasteiger partial charge in [0.05, 0.1) is 16.5 Å². The second-order valence-corrected chi connectivity index (χ2v) is 9.08. The predicted octanol–water partition coefficient (Wildman–Crippen LogP) is 2.29. The van der Waals surface area contributed by atoms with E-state index in [0.717, 1.165) is 12.3 Å². The van der Waals surface area contributed by atoms with Crippen LogP contribution in [0.2, 0.25) is 0 Å². The van der Waals surface area contributed by atoms with Crippen molar-refractivity contribution in [2.24, 2.45) is 5.14 Å². The fourth-order valence-corrected chi connectivity index (χ4v) is 4.02. The third-order valence-corrected chi connectivity index (χ3v) is 6.20. The molecule has 2 aromatic rings. The monoisotopic (exact) mass is 471 g/mol. The predicted molar refractivity (Wildman–Crippen MR) is 114 cm³/mol. The summed E-state index contributed by atoms with van der Waals surface area (Å²) < 4.78 is 61.2. The summed E-state index contributed by atoms with van der Waals surface area (Å²) in [7, 11) is -3.89. The highest BCUT2D eigenvalue weighted by molar-refractivity contribution is 7.89. The van der Waals surface area contributed by atoms with E-state index in [2.05, 4.69) is 10.3 Å². The van der Waals surface area contributed by atoms with Crippen molar-refractivity contribution in [3.63, 3.8) is 0 Å². The zero-order chi connectivity index (χ0) is 23.5.